The summed E-state index contributed by atoms with van der Waals surface area (Å²) in [7, 11) is 0. The van der Waals surface area contributed by atoms with E-state index in [2.05, 4.69) is 20.8 Å². The molecule has 3 aromatic rings. The molecule has 1 aromatic heterocycles. The van der Waals surface area contributed by atoms with Crippen LogP contribution in [-0.2, 0) is 6.18 Å². The highest BCUT2D eigenvalue weighted by Crippen LogP contribution is 2.31. The molecule has 1 heterocycles. The van der Waals surface area contributed by atoms with Crippen LogP contribution in [0.2, 0.25) is 0 Å². The average molecular weight is 346 g/mol. The number of alkyl halides is 3. The van der Waals surface area contributed by atoms with Gasteiger partial charge >= 0.3 is 12.2 Å². The Bertz CT molecular complexity index is 875. The van der Waals surface area contributed by atoms with Crippen molar-refractivity contribution in [3.05, 3.63) is 66.4 Å². The highest BCUT2D eigenvalue weighted by Gasteiger charge is 2.30. The van der Waals surface area contributed by atoms with Crippen molar-refractivity contribution in [1.82, 2.24) is 10.2 Å². The molecule has 0 atom stereocenters. The van der Waals surface area contributed by atoms with E-state index in [-0.39, 0.29) is 5.69 Å². The number of aromatic nitrogens is 2. The summed E-state index contributed by atoms with van der Waals surface area (Å²) in [5, 5.41) is 11.6. The molecule has 0 spiro atoms. The number of carbonyl (C=O) groups is 1. The fourth-order valence-electron chi connectivity index (χ4n) is 2.26. The number of amides is 2. The molecule has 2 amide bonds. The molecular formula is C17H13F3N4O. The molecule has 128 valence electrons. The van der Waals surface area contributed by atoms with E-state index in [1.54, 1.807) is 0 Å². The number of hydrogen-bond acceptors (Lipinski definition) is 2. The van der Waals surface area contributed by atoms with Crippen molar-refractivity contribution in [1.29, 1.82) is 0 Å². The summed E-state index contributed by atoms with van der Waals surface area (Å²) in [4.78, 5) is 12.1. The number of halogens is 3. The fraction of sp³-hybridized carbons (Fsp3) is 0.0588. The second-order valence-corrected chi connectivity index (χ2v) is 5.18. The normalized spacial score (nSPS) is 11.2. The van der Waals surface area contributed by atoms with Crippen LogP contribution in [0.1, 0.15) is 5.56 Å². The molecule has 0 bridgehead atoms. The van der Waals surface area contributed by atoms with Crippen molar-refractivity contribution >= 4 is 17.4 Å². The molecule has 0 aliphatic carbocycles. The maximum absolute atomic E-state index is 12.7. The fourth-order valence-corrected chi connectivity index (χ4v) is 2.26. The standard InChI is InChI=1S/C17H13F3N4O/c18-17(19,20)12-7-4-8-13(9-12)22-16(25)23-14-10-21-24-15(14)11-5-2-1-3-6-11/h1-10H,(H,21,24)(H2,22,23,25). The van der Waals surface area contributed by atoms with Crippen LogP contribution in [0.15, 0.2) is 60.8 Å². The van der Waals surface area contributed by atoms with E-state index >= 15 is 0 Å². The minimum atomic E-state index is -4.47. The minimum absolute atomic E-state index is 0.0390. The number of rotatable bonds is 3. The number of anilines is 2. The number of nitrogens with one attached hydrogen (secondary N) is 3. The largest absolute Gasteiger partial charge is 0.416 e. The molecule has 5 nitrogen and oxygen atoms in total. The molecule has 0 aliphatic heterocycles. The lowest BCUT2D eigenvalue weighted by Crippen LogP contribution is -2.20. The number of carbonyl (C=O) groups excluding carboxylic acids is 1. The van der Waals surface area contributed by atoms with Gasteiger partial charge in [-0.05, 0) is 18.2 Å². The zero-order valence-corrected chi connectivity index (χ0v) is 12.8. The molecule has 0 unspecified atom stereocenters. The predicted octanol–water partition coefficient (Wildman–Crippen LogP) is 4.74. The van der Waals surface area contributed by atoms with Gasteiger partial charge in [0.2, 0.25) is 0 Å². The number of hydrogen-bond donors (Lipinski definition) is 3. The van der Waals surface area contributed by atoms with Crippen LogP contribution in [0, 0.1) is 0 Å². The predicted molar refractivity (Wildman–Crippen MR) is 88.1 cm³/mol. The summed E-state index contributed by atoms with van der Waals surface area (Å²) in [6.45, 7) is 0. The molecule has 25 heavy (non-hydrogen) atoms. The first kappa shape index (κ1) is 16.6. The number of H-pyrrole nitrogens is 1. The lowest BCUT2D eigenvalue weighted by molar-refractivity contribution is -0.137. The zero-order valence-electron chi connectivity index (χ0n) is 12.8. The number of urea groups is 1. The van der Waals surface area contributed by atoms with Crippen molar-refractivity contribution < 1.29 is 18.0 Å². The van der Waals surface area contributed by atoms with Gasteiger partial charge in [-0.25, -0.2) is 4.79 Å². The lowest BCUT2D eigenvalue weighted by Gasteiger charge is -2.11. The molecule has 0 radical (unpaired) electrons. The molecule has 3 rings (SSSR count). The van der Waals surface area contributed by atoms with Gasteiger partial charge in [-0.1, -0.05) is 36.4 Å². The van der Waals surface area contributed by atoms with E-state index in [9.17, 15) is 18.0 Å². The monoisotopic (exact) mass is 346 g/mol. The van der Waals surface area contributed by atoms with E-state index < -0.39 is 17.8 Å². The Morgan fingerprint density at radius 2 is 1.76 bits per heavy atom. The summed E-state index contributed by atoms with van der Waals surface area (Å²) in [6.07, 6.45) is -3.05. The molecule has 0 saturated heterocycles. The Morgan fingerprint density at radius 1 is 1.00 bits per heavy atom. The van der Waals surface area contributed by atoms with Gasteiger partial charge < -0.3 is 10.6 Å². The van der Waals surface area contributed by atoms with Gasteiger partial charge in [0.05, 0.1) is 23.1 Å². The van der Waals surface area contributed by atoms with E-state index in [4.69, 9.17) is 0 Å². The first-order valence-corrected chi connectivity index (χ1v) is 7.27. The molecule has 0 aliphatic rings. The van der Waals surface area contributed by atoms with Crippen LogP contribution in [0.5, 0.6) is 0 Å². The maximum atomic E-state index is 12.7. The van der Waals surface area contributed by atoms with Gasteiger partial charge in [0.15, 0.2) is 0 Å². The Hall–Kier alpha value is -3.29. The third-order valence-corrected chi connectivity index (χ3v) is 3.40. The van der Waals surface area contributed by atoms with Crippen LogP contribution in [0.3, 0.4) is 0 Å². The van der Waals surface area contributed by atoms with Crippen molar-refractivity contribution in [2.45, 2.75) is 6.18 Å². The minimum Gasteiger partial charge on any atom is -0.308 e. The Balaban J connectivity index is 1.73. The smallest absolute Gasteiger partial charge is 0.308 e. The molecule has 0 saturated carbocycles. The second kappa shape index (κ2) is 6.68. The molecule has 8 heteroatoms. The first-order valence-electron chi connectivity index (χ1n) is 7.27. The van der Waals surface area contributed by atoms with Gasteiger partial charge in [-0.2, -0.15) is 18.3 Å². The third kappa shape index (κ3) is 3.97. The van der Waals surface area contributed by atoms with Crippen molar-refractivity contribution in [2.75, 3.05) is 10.6 Å². The molecule has 0 fully saturated rings. The quantitative estimate of drug-likeness (QED) is 0.641. The topological polar surface area (TPSA) is 69.8 Å². The number of nitrogens with zero attached hydrogens (tertiary/aromatic N) is 1. The number of aromatic amines is 1. The van der Waals surface area contributed by atoms with Gasteiger partial charge in [0.25, 0.3) is 0 Å². The highest BCUT2D eigenvalue weighted by atomic mass is 19.4. The van der Waals surface area contributed by atoms with Gasteiger partial charge in [-0.15, -0.1) is 0 Å². The summed E-state index contributed by atoms with van der Waals surface area (Å²) in [6, 6.07) is 12.9. The van der Waals surface area contributed by atoms with Gasteiger partial charge in [-0.3, -0.25) is 5.10 Å². The van der Waals surface area contributed by atoms with Gasteiger partial charge in [0, 0.05) is 11.3 Å². The van der Waals surface area contributed by atoms with E-state index in [0.717, 1.165) is 17.7 Å². The van der Waals surface area contributed by atoms with Crippen LogP contribution in [0.4, 0.5) is 29.3 Å². The second-order valence-electron chi connectivity index (χ2n) is 5.18. The first-order chi connectivity index (χ1) is 11.9. The summed E-state index contributed by atoms with van der Waals surface area (Å²) < 4.78 is 38.1. The van der Waals surface area contributed by atoms with E-state index in [0.29, 0.717) is 11.4 Å². The zero-order chi connectivity index (χ0) is 17.9. The van der Waals surface area contributed by atoms with Gasteiger partial charge in [0.1, 0.15) is 0 Å². The summed E-state index contributed by atoms with van der Waals surface area (Å²) in [5.41, 5.74) is 1.03. The molecule has 3 N–H and O–H groups in total. The summed E-state index contributed by atoms with van der Waals surface area (Å²) in [5.74, 6) is 0. The Morgan fingerprint density at radius 3 is 2.48 bits per heavy atom. The Labute approximate surface area is 140 Å². The highest BCUT2D eigenvalue weighted by molar-refractivity contribution is 6.01. The molecular weight excluding hydrogens is 333 g/mol. The third-order valence-electron chi connectivity index (χ3n) is 3.40. The lowest BCUT2D eigenvalue weighted by atomic mass is 10.1. The molecule has 2 aromatic carbocycles. The SMILES string of the molecule is O=C(Nc1cccc(C(F)(F)F)c1)Nc1cn[nH]c1-c1ccccc1. The van der Waals surface area contributed by atoms with Crippen LogP contribution < -0.4 is 10.6 Å². The maximum Gasteiger partial charge on any atom is 0.416 e. The van der Waals surface area contributed by atoms with Crippen molar-refractivity contribution in [2.24, 2.45) is 0 Å². The van der Waals surface area contributed by atoms with Crippen LogP contribution in [-0.4, -0.2) is 16.2 Å². The van der Waals surface area contributed by atoms with Crippen molar-refractivity contribution in [3.8, 4) is 11.3 Å². The summed E-state index contributed by atoms with van der Waals surface area (Å²) >= 11 is 0. The van der Waals surface area contributed by atoms with E-state index in [1.807, 2.05) is 30.3 Å². The average Bonchev–Trinajstić information content (AvgIpc) is 3.03. The van der Waals surface area contributed by atoms with E-state index in [1.165, 1.54) is 18.3 Å². The Kier molecular flexibility index (Phi) is 4.42. The van der Waals surface area contributed by atoms with Crippen LogP contribution in [0.25, 0.3) is 11.3 Å². The van der Waals surface area contributed by atoms with Crippen LogP contribution >= 0.6 is 0 Å². The number of benzene rings is 2. The van der Waals surface area contributed by atoms with Crippen molar-refractivity contribution in [3.63, 3.8) is 0 Å².